The van der Waals surface area contributed by atoms with Gasteiger partial charge in [-0.1, -0.05) is 6.92 Å². The van der Waals surface area contributed by atoms with Crippen molar-refractivity contribution >= 4 is 0 Å². The van der Waals surface area contributed by atoms with Crippen LogP contribution >= 0.6 is 0 Å². The summed E-state index contributed by atoms with van der Waals surface area (Å²) in [5.74, 6) is 0.672. The molecule has 1 fully saturated rings. The third-order valence-electron chi connectivity index (χ3n) is 3.65. The summed E-state index contributed by atoms with van der Waals surface area (Å²) in [6, 6.07) is 3.06. The van der Waals surface area contributed by atoms with Gasteiger partial charge in [-0.3, -0.25) is 4.68 Å². The second-order valence-corrected chi connectivity index (χ2v) is 4.75. The molecular formula is C12H21N3. The number of nitrogens with zero attached hydrogens (tertiary/aromatic N) is 2. The Hall–Kier alpha value is -0.830. The highest BCUT2D eigenvalue weighted by atomic mass is 15.3. The highest BCUT2D eigenvalue weighted by Gasteiger charge is 2.27. The first-order chi connectivity index (χ1) is 7.20. The Morgan fingerprint density at radius 2 is 2.40 bits per heavy atom. The average Bonchev–Trinajstić information content (AvgIpc) is 2.71. The lowest BCUT2D eigenvalue weighted by Crippen LogP contribution is -2.40. The van der Waals surface area contributed by atoms with E-state index in [2.05, 4.69) is 35.9 Å². The van der Waals surface area contributed by atoms with Gasteiger partial charge in [-0.15, -0.1) is 0 Å². The zero-order valence-corrected chi connectivity index (χ0v) is 9.69. The van der Waals surface area contributed by atoms with Gasteiger partial charge >= 0.3 is 0 Å². The zero-order valence-electron chi connectivity index (χ0n) is 9.69. The monoisotopic (exact) mass is 207 g/mol. The highest BCUT2D eigenvalue weighted by Crippen LogP contribution is 2.28. The Balaban J connectivity index is 1.95. The van der Waals surface area contributed by atoms with E-state index in [1.165, 1.54) is 18.5 Å². The lowest BCUT2D eigenvalue weighted by atomic mass is 9.77. The minimum absolute atomic E-state index is 0.416. The quantitative estimate of drug-likeness (QED) is 0.822. The van der Waals surface area contributed by atoms with Crippen molar-refractivity contribution in [1.82, 2.24) is 9.78 Å². The highest BCUT2D eigenvalue weighted by molar-refractivity contribution is 5.03. The van der Waals surface area contributed by atoms with E-state index >= 15 is 0 Å². The van der Waals surface area contributed by atoms with Crippen LogP contribution in [0.3, 0.4) is 0 Å². The molecule has 0 saturated heterocycles. The van der Waals surface area contributed by atoms with Crippen LogP contribution < -0.4 is 5.73 Å². The van der Waals surface area contributed by atoms with Crippen molar-refractivity contribution in [2.24, 2.45) is 11.7 Å². The number of hydrogen-bond acceptors (Lipinski definition) is 2. The maximum atomic E-state index is 5.93. The van der Waals surface area contributed by atoms with E-state index in [9.17, 15) is 0 Å². The van der Waals surface area contributed by atoms with Gasteiger partial charge in [0.25, 0.3) is 0 Å². The van der Waals surface area contributed by atoms with Crippen LogP contribution in [0.25, 0.3) is 0 Å². The molecule has 1 aromatic heterocycles. The van der Waals surface area contributed by atoms with Crippen LogP contribution in [0.4, 0.5) is 0 Å². The lowest BCUT2D eigenvalue weighted by Gasteiger charge is -2.32. The van der Waals surface area contributed by atoms with E-state index in [0.29, 0.717) is 18.0 Å². The summed E-state index contributed by atoms with van der Waals surface area (Å²) in [6.45, 7) is 4.39. The molecule has 0 amide bonds. The summed E-state index contributed by atoms with van der Waals surface area (Å²) in [5, 5.41) is 4.60. The van der Waals surface area contributed by atoms with Gasteiger partial charge in [0.05, 0.1) is 5.69 Å². The normalized spacial score (nSPS) is 27.4. The standard InChI is InChI=1S/C12H21N3/c1-3-9(2)15-7-6-11(14-15)8-10-4-5-12(10)13/h6-7,9-10,12H,3-5,8,13H2,1-2H3. The van der Waals surface area contributed by atoms with Gasteiger partial charge < -0.3 is 5.73 Å². The minimum Gasteiger partial charge on any atom is -0.327 e. The van der Waals surface area contributed by atoms with Crippen molar-refractivity contribution in [3.8, 4) is 0 Å². The molecule has 15 heavy (non-hydrogen) atoms. The van der Waals surface area contributed by atoms with Crippen molar-refractivity contribution in [1.29, 1.82) is 0 Å². The maximum absolute atomic E-state index is 5.93. The molecular weight excluding hydrogens is 186 g/mol. The van der Waals surface area contributed by atoms with Crippen molar-refractivity contribution in [2.45, 2.75) is 51.6 Å². The van der Waals surface area contributed by atoms with E-state index in [-0.39, 0.29) is 0 Å². The molecule has 1 aliphatic carbocycles. The molecule has 84 valence electrons. The first-order valence-corrected chi connectivity index (χ1v) is 6.00. The SMILES string of the molecule is CCC(C)n1ccc(CC2CCC2N)n1. The van der Waals surface area contributed by atoms with Gasteiger partial charge in [0, 0.05) is 18.3 Å². The molecule has 0 bridgehead atoms. The first kappa shape index (κ1) is 10.7. The van der Waals surface area contributed by atoms with Crippen LogP contribution in [0.1, 0.15) is 44.8 Å². The molecule has 3 atom stereocenters. The second kappa shape index (κ2) is 4.35. The van der Waals surface area contributed by atoms with E-state index in [0.717, 1.165) is 12.8 Å². The van der Waals surface area contributed by atoms with Crippen LogP contribution in [0.15, 0.2) is 12.3 Å². The van der Waals surface area contributed by atoms with E-state index in [4.69, 9.17) is 5.73 Å². The topological polar surface area (TPSA) is 43.8 Å². The predicted molar refractivity (Wildman–Crippen MR) is 61.6 cm³/mol. The van der Waals surface area contributed by atoms with Crippen molar-refractivity contribution in [3.05, 3.63) is 18.0 Å². The number of aromatic nitrogens is 2. The molecule has 1 aliphatic rings. The molecule has 3 nitrogen and oxygen atoms in total. The molecule has 2 N–H and O–H groups in total. The molecule has 3 heteroatoms. The van der Waals surface area contributed by atoms with Gasteiger partial charge in [0.15, 0.2) is 0 Å². The second-order valence-electron chi connectivity index (χ2n) is 4.75. The summed E-state index contributed by atoms with van der Waals surface area (Å²) in [6.07, 6.45) is 6.75. The molecule has 1 saturated carbocycles. The Bertz CT molecular complexity index is 318. The maximum Gasteiger partial charge on any atom is 0.0628 e. The van der Waals surface area contributed by atoms with Gasteiger partial charge in [-0.25, -0.2) is 0 Å². The largest absolute Gasteiger partial charge is 0.327 e. The van der Waals surface area contributed by atoms with E-state index in [1.807, 2.05) is 0 Å². The smallest absolute Gasteiger partial charge is 0.0628 e. The number of nitrogens with two attached hydrogens (primary N) is 1. The van der Waals surface area contributed by atoms with E-state index < -0.39 is 0 Å². The minimum atomic E-state index is 0.416. The fourth-order valence-electron chi connectivity index (χ4n) is 2.04. The van der Waals surface area contributed by atoms with Gasteiger partial charge in [0.2, 0.25) is 0 Å². The summed E-state index contributed by atoms with van der Waals surface area (Å²) in [4.78, 5) is 0. The first-order valence-electron chi connectivity index (χ1n) is 6.00. The Labute approximate surface area is 91.7 Å². The third-order valence-corrected chi connectivity index (χ3v) is 3.65. The molecule has 0 aliphatic heterocycles. The van der Waals surface area contributed by atoms with Crippen molar-refractivity contribution < 1.29 is 0 Å². The fraction of sp³-hybridized carbons (Fsp3) is 0.750. The third kappa shape index (κ3) is 2.23. The van der Waals surface area contributed by atoms with Crippen molar-refractivity contribution in [2.75, 3.05) is 0 Å². The summed E-state index contributed by atoms with van der Waals surface area (Å²) >= 11 is 0. The molecule has 0 spiro atoms. The van der Waals surface area contributed by atoms with Crippen LogP contribution in [0.5, 0.6) is 0 Å². The van der Waals surface area contributed by atoms with E-state index in [1.54, 1.807) is 0 Å². The molecule has 1 aromatic rings. The Kier molecular flexibility index (Phi) is 3.10. The lowest BCUT2D eigenvalue weighted by molar-refractivity contribution is 0.253. The Morgan fingerprint density at radius 3 is 2.93 bits per heavy atom. The fourth-order valence-corrected chi connectivity index (χ4v) is 2.04. The number of rotatable bonds is 4. The Morgan fingerprint density at radius 1 is 1.60 bits per heavy atom. The van der Waals surface area contributed by atoms with Crippen LogP contribution in [-0.4, -0.2) is 15.8 Å². The average molecular weight is 207 g/mol. The summed E-state index contributed by atoms with van der Waals surface area (Å²) in [7, 11) is 0. The summed E-state index contributed by atoms with van der Waals surface area (Å²) < 4.78 is 2.07. The predicted octanol–water partition coefficient (Wildman–Crippen LogP) is 2.13. The molecule has 0 radical (unpaired) electrons. The van der Waals surface area contributed by atoms with Crippen LogP contribution in [-0.2, 0) is 6.42 Å². The van der Waals surface area contributed by atoms with Crippen LogP contribution in [0.2, 0.25) is 0 Å². The van der Waals surface area contributed by atoms with Crippen molar-refractivity contribution in [3.63, 3.8) is 0 Å². The summed E-state index contributed by atoms with van der Waals surface area (Å²) in [5.41, 5.74) is 7.13. The van der Waals surface area contributed by atoms with Gasteiger partial charge in [0.1, 0.15) is 0 Å². The zero-order chi connectivity index (χ0) is 10.8. The molecule has 0 aromatic carbocycles. The van der Waals surface area contributed by atoms with Gasteiger partial charge in [-0.2, -0.15) is 5.10 Å². The van der Waals surface area contributed by atoms with Gasteiger partial charge in [-0.05, 0) is 44.6 Å². The van der Waals surface area contributed by atoms with Crippen LogP contribution in [0, 0.1) is 5.92 Å². The molecule has 1 heterocycles. The molecule has 2 rings (SSSR count). The molecule has 3 unspecified atom stereocenters. The number of hydrogen-bond donors (Lipinski definition) is 1.